The van der Waals surface area contributed by atoms with Crippen LogP contribution < -0.4 is 10.3 Å². The van der Waals surface area contributed by atoms with E-state index in [-0.39, 0.29) is 9.79 Å². The lowest BCUT2D eigenvalue weighted by atomic mass is 10.1. The molecule has 0 aliphatic carbocycles. The molecule has 0 saturated carbocycles. The summed E-state index contributed by atoms with van der Waals surface area (Å²) in [5.74, 6) is 0. The van der Waals surface area contributed by atoms with Gasteiger partial charge in [0.25, 0.3) is 0 Å². The zero-order valence-electron chi connectivity index (χ0n) is 9.44. The van der Waals surface area contributed by atoms with Gasteiger partial charge in [-0.05, 0) is 29.7 Å². The van der Waals surface area contributed by atoms with Gasteiger partial charge in [-0.3, -0.25) is 0 Å². The minimum absolute atomic E-state index is 0.294. The molecule has 2 aromatic rings. The number of nitrogens with two attached hydrogens (primary N) is 2. The van der Waals surface area contributed by atoms with Crippen LogP contribution in [0.3, 0.4) is 0 Å². The highest BCUT2D eigenvalue weighted by Crippen LogP contribution is 2.28. The van der Waals surface area contributed by atoms with Crippen molar-refractivity contribution in [2.75, 3.05) is 0 Å². The third-order valence-electron chi connectivity index (χ3n) is 2.51. The van der Waals surface area contributed by atoms with Crippen molar-refractivity contribution < 1.29 is 16.8 Å². The third kappa shape index (κ3) is 2.90. The molecule has 0 atom stereocenters. The first-order valence-electron chi connectivity index (χ1n) is 4.91. The summed E-state index contributed by atoms with van der Waals surface area (Å²) < 4.78 is 45.8. The summed E-state index contributed by atoms with van der Waals surface area (Å²) in [6.45, 7) is 0. The summed E-state index contributed by atoms with van der Waals surface area (Å²) in [7, 11) is -8.11. The molecule has 0 heterocycles. The van der Waals surface area contributed by atoms with E-state index in [0.29, 0.717) is 15.7 Å². The van der Waals surface area contributed by atoms with Crippen LogP contribution in [0.1, 0.15) is 0 Å². The molecule has 0 fully saturated rings. The Labute approximate surface area is 115 Å². The molecule has 102 valence electrons. The fourth-order valence-corrected chi connectivity index (χ4v) is 3.31. The predicted octanol–water partition coefficient (Wildman–Crippen LogP) is 0.423. The Bertz CT molecular complexity index is 873. The molecule has 0 bridgehead atoms. The van der Waals surface area contributed by atoms with Gasteiger partial charge in [0.05, 0.1) is 9.79 Å². The van der Waals surface area contributed by atoms with Crippen LogP contribution in [-0.4, -0.2) is 16.8 Å². The molecule has 19 heavy (non-hydrogen) atoms. The summed E-state index contributed by atoms with van der Waals surface area (Å²) in [6, 6.07) is 6.87. The van der Waals surface area contributed by atoms with Crippen molar-refractivity contribution in [2.24, 2.45) is 10.3 Å². The summed E-state index contributed by atoms with van der Waals surface area (Å²) >= 11 is 4.11. The summed E-state index contributed by atoms with van der Waals surface area (Å²) in [5, 5.41) is 10.8. The molecule has 2 aromatic carbocycles. The van der Waals surface area contributed by atoms with E-state index in [1.807, 2.05) is 0 Å². The minimum Gasteiger partial charge on any atom is -0.225 e. The van der Waals surface area contributed by atoms with Gasteiger partial charge < -0.3 is 0 Å². The number of hydrogen-bond donors (Lipinski definition) is 3. The van der Waals surface area contributed by atoms with Crippen LogP contribution in [0, 0.1) is 0 Å². The number of thiol groups is 1. The Morgan fingerprint density at radius 2 is 1.53 bits per heavy atom. The molecule has 0 spiro atoms. The maximum atomic E-state index is 11.6. The van der Waals surface area contributed by atoms with Crippen molar-refractivity contribution in [1.29, 1.82) is 0 Å². The van der Waals surface area contributed by atoms with Gasteiger partial charge >= 0.3 is 0 Å². The average Bonchev–Trinajstić information content (AvgIpc) is 2.24. The molecule has 0 aromatic heterocycles. The summed E-state index contributed by atoms with van der Waals surface area (Å²) in [6.07, 6.45) is 0. The molecule has 0 unspecified atom stereocenters. The Hall–Kier alpha value is -1.13. The number of sulfonamides is 2. The topological polar surface area (TPSA) is 120 Å². The minimum atomic E-state index is -4.08. The van der Waals surface area contributed by atoms with Crippen LogP contribution in [0.25, 0.3) is 10.8 Å². The van der Waals surface area contributed by atoms with E-state index >= 15 is 0 Å². The molecule has 2 rings (SSSR count). The van der Waals surface area contributed by atoms with E-state index in [0.717, 1.165) is 6.07 Å². The van der Waals surface area contributed by atoms with Gasteiger partial charge in [-0.2, -0.15) is 0 Å². The van der Waals surface area contributed by atoms with Gasteiger partial charge in [-0.1, -0.05) is 6.07 Å². The first-order chi connectivity index (χ1) is 8.59. The van der Waals surface area contributed by atoms with Gasteiger partial charge in [0, 0.05) is 10.3 Å². The average molecular weight is 318 g/mol. The highest BCUT2D eigenvalue weighted by Gasteiger charge is 2.18. The normalized spacial score (nSPS) is 12.8. The molecule has 0 aliphatic rings. The second kappa shape index (κ2) is 4.46. The lowest BCUT2D eigenvalue weighted by Gasteiger charge is -2.08. The van der Waals surface area contributed by atoms with E-state index in [1.54, 1.807) is 12.1 Å². The molecular weight excluding hydrogens is 308 g/mol. The number of rotatable bonds is 2. The molecule has 6 nitrogen and oxygen atoms in total. The standard InChI is InChI=1S/C10H10N2O4S3/c11-18(13,14)8-3-6-1-2-7(17)4-9(6)10(5-8)19(12,15)16/h1-5,17H,(H2,11,13,14)(H2,12,15,16). The predicted molar refractivity (Wildman–Crippen MR) is 73.9 cm³/mol. The lowest BCUT2D eigenvalue weighted by Crippen LogP contribution is -2.16. The van der Waals surface area contributed by atoms with Crippen LogP contribution in [0.15, 0.2) is 45.0 Å². The number of fused-ring (bicyclic) bond motifs is 1. The highest BCUT2D eigenvalue weighted by molar-refractivity contribution is 7.90. The second-order valence-corrected chi connectivity index (χ2v) is 7.52. The van der Waals surface area contributed by atoms with E-state index in [2.05, 4.69) is 12.6 Å². The number of benzene rings is 2. The smallest absolute Gasteiger partial charge is 0.225 e. The van der Waals surface area contributed by atoms with E-state index in [4.69, 9.17) is 10.3 Å². The largest absolute Gasteiger partial charge is 0.238 e. The SMILES string of the molecule is NS(=O)(=O)c1cc(S(N)(=O)=O)c2cc(S)ccc2c1. The van der Waals surface area contributed by atoms with Crippen molar-refractivity contribution in [1.82, 2.24) is 0 Å². The van der Waals surface area contributed by atoms with Crippen molar-refractivity contribution in [3.8, 4) is 0 Å². The zero-order valence-corrected chi connectivity index (χ0v) is 12.0. The second-order valence-electron chi connectivity index (χ2n) is 3.92. The van der Waals surface area contributed by atoms with E-state index in [9.17, 15) is 16.8 Å². The highest BCUT2D eigenvalue weighted by atomic mass is 32.2. The Kier molecular flexibility index (Phi) is 3.35. The molecule has 0 aliphatic heterocycles. The molecule has 9 heteroatoms. The quantitative estimate of drug-likeness (QED) is 0.695. The summed E-state index contributed by atoms with van der Waals surface area (Å²) in [4.78, 5) is -0.0818. The fourth-order valence-electron chi connectivity index (χ4n) is 1.69. The van der Waals surface area contributed by atoms with Gasteiger partial charge in [0.2, 0.25) is 20.0 Å². The maximum Gasteiger partial charge on any atom is 0.238 e. The van der Waals surface area contributed by atoms with Crippen LogP contribution in [0.5, 0.6) is 0 Å². The van der Waals surface area contributed by atoms with E-state index < -0.39 is 20.0 Å². The lowest BCUT2D eigenvalue weighted by molar-refractivity contribution is 0.596. The van der Waals surface area contributed by atoms with Gasteiger partial charge in [-0.15, -0.1) is 12.6 Å². The number of hydrogen-bond acceptors (Lipinski definition) is 5. The molecular formula is C10H10N2O4S3. The zero-order chi connectivity index (χ0) is 14.4. The third-order valence-corrected chi connectivity index (χ3v) is 4.63. The van der Waals surface area contributed by atoms with Crippen LogP contribution in [-0.2, 0) is 20.0 Å². The van der Waals surface area contributed by atoms with Crippen molar-refractivity contribution in [3.63, 3.8) is 0 Å². The first-order valence-corrected chi connectivity index (χ1v) is 8.45. The van der Waals surface area contributed by atoms with Crippen LogP contribution >= 0.6 is 12.6 Å². The first kappa shape index (κ1) is 14.3. The fraction of sp³-hybridized carbons (Fsp3) is 0. The van der Waals surface area contributed by atoms with Crippen LogP contribution in [0.2, 0.25) is 0 Å². The molecule has 0 saturated heterocycles. The van der Waals surface area contributed by atoms with Crippen molar-refractivity contribution in [3.05, 3.63) is 30.3 Å². The van der Waals surface area contributed by atoms with Crippen LogP contribution in [0.4, 0.5) is 0 Å². The van der Waals surface area contributed by atoms with Gasteiger partial charge in [0.15, 0.2) is 0 Å². The Morgan fingerprint density at radius 1 is 0.895 bits per heavy atom. The molecule has 4 N–H and O–H groups in total. The molecule has 0 amide bonds. The summed E-state index contributed by atoms with van der Waals surface area (Å²) in [5.41, 5.74) is 0. The van der Waals surface area contributed by atoms with Crippen molar-refractivity contribution >= 4 is 43.4 Å². The number of primary sulfonamides is 2. The van der Waals surface area contributed by atoms with E-state index in [1.165, 1.54) is 12.1 Å². The maximum absolute atomic E-state index is 11.6. The Morgan fingerprint density at radius 3 is 2.05 bits per heavy atom. The van der Waals surface area contributed by atoms with Crippen molar-refractivity contribution in [2.45, 2.75) is 14.7 Å². The van der Waals surface area contributed by atoms with Gasteiger partial charge in [0.1, 0.15) is 0 Å². The Balaban J connectivity index is 3.01. The monoisotopic (exact) mass is 318 g/mol. The van der Waals surface area contributed by atoms with Gasteiger partial charge in [-0.25, -0.2) is 27.1 Å². The molecule has 0 radical (unpaired) electrons.